The highest BCUT2D eigenvalue weighted by molar-refractivity contribution is 7.80. The normalized spacial score (nSPS) is 32.9. The lowest BCUT2D eigenvalue weighted by atomic mass is 9.99. The van der Waals surface area contributed by atoms with Crippen LogP contribution in [0.3, 0.4) is 0 Å². The van der Waals surface area contributed by atoms with Gasteiger partial charge in [0.15, 0.2) is 6.29 Å². The Kier molecular flexibility index (Phi) is 4.47. The lowest BCUT2D eigenvalue weighted by Crippen LogP contribution is -2.37. The summed E-state index contributed by atoms with van der Waals surface area (Å²) in [6, 6.07) is 0. The van der Waals surface area contributed by atoms with Gasteiger partial charge in [-0.3, -0.25) is 4.55 Å². The standard InChI is InChI=1S/C8H16O6S/c1-6-3-4-7(14-8(6)12-2)5-13-15(9,10)11/h6-8H,3-5H2,1-2H3,(H,9,10,11)/t6?,7?,8-/m1/s1. The maximum Gasteiger partial charge on any atom is 0.397 e. The Balaban J connectivity index is 2.38. The van der Waals surface area contributed by atoms with E-state index in [0.29, 0.717) is 6.42 Å². The van der Waals surface area contributed by atoms with Crippen LogP contribution in [0.2, 0.25) is 0 Å². The first kappa shape index (κ1) is 12.9. The maximum atomic E-state index is 10.3. The Hall–Kier alpha value is -0.210. The summed E-state index contributed by atoms with van der Waals surface area (Å²) in [4.78, 5) is 0. The van der Waals surface area contributed by atoms with Gasteiger partial charge < -0.3 is 9.47 Å². The van der Waals surface area contributed by atoms with Crippen molar-refractivity contribution in [3.8, 4) is 0 Å². The molecule has 1 aliphatic heterocycles. The van der Waals surface area contributed by atoms with Crippen LogP contribution in [0.4, 0.5) is 0 Å². The monoisotopic (exact) mass is 240 g/mol. The van der Waals surface area contributed by atoms with E-state index in [1.54, 1.807) is 0 Å². The van der Waals surface area contributed by atoms with Crippen LogP contribution in [0, 0.1) is 5.92 Å². The minimum atomic E-state index is -4.38. The fourth-order valence-electron chi connectivity index (χ4n) is 1.55. The molecule has 1 N–H and O–H groups in total. The van der Waals surface area contributed by atoms with Gasteiger partial charge in [-0.05, 0) is 12.8 Å². The van der Waals surface area contributed by atoms with E-state index in [0.717, 1.165) is 6.42 Å². The van der Waals surface area contributed by atoms with Crippen molar-refractivity contribution in [2.24, 2.45) is 5.92 Å². The third-order valence-corrected chi connectivity index (χ3v) is 2.80. The highest BCUT2D eigenvalue weighted by atomic mass is 32.3. The number of rotatable bonds is 4. The van der Waals surface area contributed by atoms with E-state index >= 15 is 0 Å². The van der Waals surface area contributed by atoms with E-state index < -0.39 is 10.4 Å². The van der Waals surface area contributed by atoms with Gasteiger partial charge >= 0.3 is 10.4 Å². The highest BCUT2D eigenvalue weighted by Crippen LogP contribution is 2.25. The molecule has 15 heavy (non-hydrogen) atoms. The number of hydrogen-bond acceptors (Lipinski definition) is 5. The van der Waals surface area contributed by atoms with Gasteiger partial charge in [-0.1, -0.05) is 6.92 Å². The Morgan fingerprint density at radius 3 is 2.67 bits per heavy atom. The molecule has 1 heterocycles. The second-order valence-corrected chi connectivity index (χ2v) is 4.72. The van der Waals surface area contributed by atoms with E-state index in [1.165, 1.54) is 7.11 Å². The van der Waals surface area contributed by atoms with E-state index in [-0.39, 0.29) is 24.9 Å². The molecule has 0 saturated carbocycles. The Labute approximate surface area is 89.5 Å². The van der Waals surface area contributed by atoms with E-state index in [1.807, 2.05) is 6.92 Å². The minimum absolute atomic E-state index is 0.175. The molecule has 90 valence electrons. The van der Waals surface area contributed by atoms with Crippen molar-refractivity contribution in [3.63, 3.8) is 0 Å². The average molecular weight is 240 g/mol. The average Bonchev–Trinajstić information content (AvgIpc) is 2.15. The Morgan fingerprint density at radius 1 is 1.47 bits per heavy atom. The van der Waals surface area contributed by atoms with Crippen molar-refractivity contribution in [2.45, 2.75) is 32.2 Å². The molecule has 0 bridgehead atoms. The Morgan fingerprint density at radius 2 is 2.13 bits per heavy atom. The van der Waals surface area contributed by atoms with Crippen molar-refractivity contribution in [1.29, 1.82) is 0 Å². The summed E-state index contributed by atoms with van der Waals surface area (Å²) in [7, 11) is -2.85. The van der Waals surface area contributed by atoms with Gasteiger partial charge in [0.1, 0.15) is 0 Å². The summed E-state index contributed by atoms with van der Waals surface area (Å²) in [6.45, 7) is 1.82. The zero-order valence-electron chi connectivity index (χ0n) is 8.75. The molecule has 0 aromatic heterocycles. The van der Waals surface area contributed by atoms with Gasteiger partial charge in [-0.25, -0.2) is 4.18 Å². The first-order valence-corrected chi connectivity index (χ1v) is 6.09. The molecule has 7 heteroatoms. The van der Waals surface area contributed by atoms with Crippen LogP contribution >= 0.6 is 0 Å². The van der Waals surface area contributed by atoms with Gasteiger partial charge in [0.05, 0.1) is 12.7 Å². The number of ether oxygens (including phenoxy) is 2. The predicted molar refractivity (Wildman–Crippen MR) is 51.6 cm³/mol. The molecule has 3 atom stereocenters. The smallest absolute Gasteiger partial charge is 0.356 e. The van der Waals surface area contributed by atoms with Gasteiger partial charge in [0.25, 0.3) is 0 Å². The van der Waals surface area contributed by atoms with Crippen LogP contribution in [0.5, 0.6) is 0 Å². The summed E-state index contributed by atoms with van der Waals surface area (Å²) in [5.41, 5.74) is 0. The molecule has 0 aromatic rings. The topological polar surface area (TPSA) is 82.1 Å². The molecule has 2 unspecified atom stereocenters. The van der Waals surface area contributed by atoms with Gasteiger partial charge in [-0.2, -0.15) is 8.42 Å². The van der Waals surface area contributed by atoms with Crippen LogP contribution in [-0.4, -0.2) is 39.1 Å². The molecular weight excluding hydrogens is 224 g/mol. The molecule has 0 spiro atoms. The summed E-state index contributed by atoms with van der Waals surface area (Å²) < 4.78 is 43.8. The minimum Gasteiger partial charge on any atom is -0.356 e. The van der Waals surface area contributed by atoms with Crippen LogP contribution in [0.1, 0.15) is 19.8 Å². The summed E-state index contributed by atoms with van der Waals surface area (Å²) in [5, 5.41) is 0. The van der Waals surface area contributed by atoms with Crippen molar-refractivity contribution in [1.82, 2.24) is 0 Å². The number of hydrogen-bond donors (Lipinski definition) is 1. The van der Waals surface area contributed by atoms with Crippen molar-refractivity contribution in [3.05, 3.63) is 0 Å². The predicted octanol–water partition coefficient (Wildman–Crippen LogP) is 0.593. The molecule has 0 radical (unpaired) electrons. The molecule has 0 aromatic carbocycles. The maximum absolute atomic E-state index is 10.3. The van der Waals surface area contributed by atoms with Crippen LogP contribution < -0.4 is 0 Å². The first-order chi connectivity index (χ1) is 6.92. The van der Waals surface area contributed by atoms with Crippen molar-refractivity contribution >= 4 is 10.4 Å². The number of methoxy groups -OCH3 is 1. The fourth-order valence-corrected chi connectivity index (χ4v) is 1.87. The van der Waals surface area contributed by atoms with E-state index in [9.17, 15) is 8.42 Å². The first-order valence-electron chi connectivity index (χ1n) is 4.72. The molecular formula is C8H16O6S. The Bertz CT molecular complexity index is 288. The summed E-state index contributed by atoms with van der Waals surface area (Å²) >= 11 is 0. The van der Waals surface area contributed by atoms with E-state index in [2.05, 4.69) is 4.18 Å². The molecule has 0 amide bonds. The third kappa shape index (κ3) is 4.43. The molecule has 1 fully saturated rings. The molecule has 6 nitrogen and oxygen atoms in total. The third-order valence-electron chi connectivity index (χ3n) is 2.37. The molecule has 0 aliphatic carbocycles. The van der Waals surface area contributed by atoms with Crippen molar-refractivity contribution in [2.75, 3.05) is 13.7 Å². The summed E-state index contributed by atoms with van der Waals surface area (Å²) in [6.07, 6.45) is 0.871. The second kappa shape index (κ2) is 5.22. The van der Waals surface area contributed by atoms with Crippen LogP contribution in [0.15, 0.2) is 0 Å². The van der Waals surface area contributed by atoms with Gasteiger partial charge in [0, 0.05) is 13.0 Å². The molecule has 1 saturated heterocycles. The van der Waals surface area contributed by atoms with Crippen LogP contribution in [-0.2, 0) is 24.1 Å². The van der Waals surface area contributed by atoms with Crippen LogP contribution in [0.25, 0.3) is 0 Å². The largest absolute Gasteiger partial charge is 0.397 e. The second-order valence-electron chi connectivity index (χ2n) is 3.63. The zero-order chi connectivity index (χ0) is 11.5. The fraction of sp³-hybridized carbons (Fsp3) is 1.00. The lowest BCUT2D eigenvalue weighted by Gasteiger charge is -2.33. The zero-order valence-corrected chi connectivity index (χ0v) is 9.57. The summed E-state index contributed by atoms with van der Waals surface area (Å²) in [5.74, 6) is 0.275. The molecule has 1 rings (SSSR count). The lowest BCUT2D eigenvalue weighted by molar-refractivity contribution is -0.210. The van der Waals surface area contributed by atoms with Gasteiger partial charge in [-0.15, -0.1) is 0 Å². The van der Waals surface area contributed by atoms with E-state index in [4.69, 9.17) is 14.0 Å². The SMILES string of the molecule is CO[C@@H]1OC(COS(=O)(=O)O)CCC1C. The highest BCUT2D eigenvalue weighted by Gasteiger charge is 2.29. The quantitative estimate of drug-likeness (QED) is 0.724. The molecule has 1 aliphatic rings. The van der Waals surface area contributed by atoms with Gasteiger partial charge in [0.2, 0.25) is 0 Å². The van der Waals surface area contributed by atoms with Crippen molar-refractivity contribution < 1.29 is 26.6 Å².